The summed E-state index contributed by atoms with van der Waals surface area (Å²) in [6.45, 7) is 4.72. The summed E-state index contributed by atoms with van der Waals surface area (Å²) in [6, 6.07) is 0. The van der Waals surface area contributed by atoms with Crippen LogP contribution >= 0.6 is 0 Å². The number of rotatable bonds is 8. The molecule has 1 unspecified atom stereocenters. The molecule has 0 radical (unpaired) electrons. The number of carbonyl (C=O) groups excluding carboxylic acids is 1. The maximum Gasteiger partial charge on any atom is 0.237 e. The highest BCUT2D eigenvalue weighted by Crippen LogP contribution is 2.16. The Morgan fingerprint density at radius 1 is 1.60 bits per heavy atom. The maximum absolute atomic E-state index is 11.4. The van der Waals surface area contributed by atoms with E-state index in [-0.39, 0.29) is 5.91 Å². The van der Waals surface area contributed by atoms with Crippen LogP contribution in [0, 0.1) is 0 Å². The summed E-state index contributed by atoms with van der Waals surface area (Å²) in [5, 5.41) is 6.47. The standard InChI is InChI=1S/C9H19N5O/c1-3-5-9(4-2,8(10)15)12-6-7-13-14-11/h12H,3-7H2,1-2H3,(H2,10,15). The molecule has 0 aromatic rings. The highest BCUT2D eigenvalue weighted by atomic mass is 16.1. The fourth-order valence-corrected chi connectivity index (χ4v) is 1.59. The van der Waals surface area contributed by atoms with Gasteiger partial charge in [-0.25, -0.2) is 0 Å². The molecule has 1 amide bonds. The molecular weight excluding hydrogens is 194 g/mol. The lowest BCUT2D eigenvalue weighted by Gasteiger charge is -2.30. The summed E-state index contributed by atoms with van der Waals surface area (Å²) in [6.07, 6.45) is 2.23. The molecule has 1 atom stereocenters. The van der Waals surface area contributed by atoms with Gasteiger partial charge in [0.15, 0.2) is 0 Å². The second-order valence-electron chi connectivity index (χ2n) is 3.43. The Morgan fingerprint density at radius 2 is 2.27 bits per heavy atom. The predicted octanol–water partition coefficient (Wildman–Crippen LogP) is 1.32. The van der Waals surface area contributed by atoms with Crippen LogP contribution in [0.4, 0.5) is 0 Å². The molecular formula is C9H19N5O. The van der Waals surface area contributed by atoms with Crippen molar-refractivity contribution in [2.45, 2.75) is 38.6 Å². The average Bonchev–Trinajstić information content (AvgIpc) is 2.22. The molecule has 6 nitrogen and oxygen atoms in total. The zero-order chi connectivity index (χ0) is 11.7. The lowest BCUT2D eigenvalue weighted by molar-refractivity contribution is -0.124. The van der Waals surface area contributed by atoms with E-state index >= 15 is 0 Å². The van der Waals surface area contributed by atoms with Crippen molar-refractivity contribution in [1.29, 1.82) is 0 Å². The maximum atomic E-state index is 11.4. The summed E-state index contributed by atoms with van der Waals surface area (Å²) < 4.78 is 0. The largest absolute Gasteiger partial charge is 0.368 e. The van der Waals surface area contributed by atoms with Gasteiger partial charge in [0.1, 0.15) is 0 Å². The molecule has 0 saturated heterocycles. The second-order valence-corrected chi connectivity index (χ2v) is 3.43. The average molecular weight is 213 g/mol. The van der Waals surface area contributed by atoms with Gasteiger partial charge < -0.3 is 11.1 Å². The molecule has 0 aliphatic carbocycles. The molecule has 0 bridgehead atoms. The Kier molecular flexibility index (Phi) is 6.49. The molecule has 86 valence electrons. The summed E-state index contributed by atoms with van der Waals surface area (Å²) in [5.74, 6) is -0.340. The monoisotopic (exact) mass is 213 g/mol. The SMILES string of the molecule is CCCC(CC)(NCCN=[N+]=[N-])C(N)=O. The van der Waals surface area contributed by atoms with E-state index in [1.165, 1.54) is 0 Å². The van der Waals surface area contributed by atoms with Gasteiger partial charge in [0, 0.05) is 18.0 Å². The Hall–Kier alpha value is -1.26. The molecule has 0 spiro atoms. The van der Waals surface area contributed by atoms with E-state index in [0.717, 1.165) is 6.42 Å². The van der Waals surface area contributed by atoms with E-state index in [2.05, 4.69) is 15.3 Å². The minimum Gasteiger partial charge on any atom is -0.368 e. The number of carbonyl (C=O) groups is 1. The molecule has 0 aromatic heterocycles. The zero-order valence-electron chi connectivity index (χ0n) is 9.36. The van der Waals surface area contributed by atoms with Crippen molar-refractivity contribution in [2.75, 3.05) is 13.1 Å². The van der Waals surface area contributed by atoms with E-state index in [9.17, 15) is 4.79 Å². The van der Waals surface area contributed by atoms with Crippen LogP contribution < -0.4 is 11.1 Å². The van der Waals surface area contributed by atoms with Crippen LogP contribution in [0.15, 0.2) is 5.11 Å². The van der Waals surface area contributed by atoms with E-state index in [0.29, 0.717) is 25.9 Å². The first kappa shape index (κ1) is 13.7. The van der Waals surface area contributed by atoms with Gasteiger partial charge in [0.05, 0.1) is 5.54 Å². The van der Waals surface area contributed by atoms with Crippen molar-refractivity contribution >= 4 is 5.91 Å². The molecule has 0 aliphatic heterocycles. The predicted molar refractivity (Wildman–Crippen MR) is 59.1 cm³/mol. The minimum absolute atomic E-state index is 0.329. The van der Waals surface area contributed by atoms with Gasteiger partial charge in [-0.05, 0) is 18.4 Å². The molecule has 0 saturated carbocycles. The number of azide groups is 1. The number of nitrogens with zero attached hydrogens (tertiary/aromatic N) is 3. The third kappa shape index (κ3) is 4.18. The first-order valence-corrected chi connectivity index (χ1v) is 5.18. The highest BCUT2D eigenvalue weighted by molar-refractivity contribution is 5.84. The van der Waals surface area contributed by atoms with Crippen molar-refractivity contribution in [3.05, 3.63) is 10.4 Å². The Morgan fingerprint density at radius 3 is 2.67 bits per heavy atom. The number of primary amides is 1. The van der Waals surface area contributed by atoms with Gasteiger partial charge >= 0.3 is 0 Å². The van der Waals surface area contributed by atoms with Crippen LogP contribution in [-0.2, 0) is 4.79 Å². The number of hydrogen-bond donors (Lipinski definition) is 2. The van der Waals surface area contributed by atoms with Crippen molar-refractivity contribution in [3.63, 3.8) is 0 Å². The lowest BCUT2D eigenvalue weighted by atomic mass is 9.90. The molecule has 0 heterocycles. The minimum atomic E-state index is -0.653. The van der Waals surface area contributed by atoms with E-state index in [4.69, 9.17) is 11.3 Å². The zero-order valence-corrected chi connectivity index (χ0v) is 9.36. The van der Waals surface area contributed by atoms with E-state index < -0.39 is 5.54 Å². The Bertz CT molecular complexity index is 249. The second kappa shape index (κ2) is 7.09. The molecule has 0 aliphatic rings. The number of hydrogen-bond acceptors (Lipinski definition) is 3. The van der Waals surface area contributed by atoms with Crippen LogP contribution in [0.2, 0.25) is 0 Å². The van der Waals surface area contributed by atoms with Gasteiger partial charge in [0.2, 0.25) is 5.91 Å². The van der Waals surface area contributed by atoms with Crippen molar-refractivity contribution < 1.29 is 4.79 Å². The third-order valence-electron chi connectivity index (χ3n) is 2.49. The topological polar surface area (TPSA) is 104 Å². The van der Waals surface area contributed by atoms with Gasteiger partial charge in [-0.3, -0.25) is 4.79 Å². The van der Waals surface area contributed by atoms with Gasteiger partial charge in [-0.1, -0.05) is 25.4 Å². The summed E-state index contributed by atoms with van der Waals surface area (Å²) >= 11 is 0. The van der Waals surface area contributed by atoms with Crippen LogP contribution in [0.25, 0.3) is 10.4 Å². The molecule has 6 heteroatoms. The van der Waals surface area contributed by atoms with Crippen molar-refractivity contribution in [2.24, 2.45) is 10.8 Å². The summed E-state index contributed by atoms with van der Waals surface area (Å²) in [5.41, 5.74) is 12.8. The molecule has 0 fully saturated rings. The number of nitrogens with one attached hydrogen (secondary N) is 1. The highest BCUT2D eigenvalue weighted by Gasteiger charge is 2.32. The smallest absolute Gasteiger partial charge is 0.237 e. The Balaban J connectivity index is 4.34. The van der Waals surface area contributed by atoms with Crippen molar-refractivity contribution in [3.8, 4) is 0 Å². The van der Waals surface area contributed by atoms with Crippen LogP contribution in [0.1, 0.15) is 33.1 Å². The summed E-state index contributed by atoms with van der Waals surface area (Å²) in [4.78, 5) is 14.0. The molecule has 0 aromatic carbocycles. The van der Waals surface area contributed by atoms with Crippen LogP contribution in [0.3, 0.4) is 0 Å². The van der Waals surface area contributed by atoms with Gasteiger partial charge in [-0.2, -0.15) is 0 Å². The first-order chi connectivity index (χ1) is 7.13. The normalized spacial score (nSPS) is 14.0. The van der Waals surface area contributed by atoms with Crippen molar-refractivity contribution in [1.82, 2.24) is 5.32 Å². The lowest BCUT2D eigenvalue weighted by Crippen LogP contribution is -2.55. The van der Waals surface area contributed by atoms with Gasteiger partial charge in [-0.15, -0.1) is 0 Å². The quantitative estimate of drug-likeness (QED) is 0.275. The summed E-state index contributed by atoms with van der Waals surface area (Å²) in [7, 11) is 0. The fourth-order valence-electron chi connectivity index (χ4n) is 1.59. The van der Waals surface area contributed by atoms with Crippen LogP contribution in [0.5, 0.6) is 0 Å². The third-order valence-corrected chi connectivity index (χ3v) is 2.49. The number of amides is 1. The fraction of sp³-hybridized carbons (Fsp3) is 0.889. The first-order valence-electron chi connectivity index (χ1n) is 5.18. The molecule has 0 rings (SSSR count). The van der Waals surface area contributed by atoms with E-state index in [1.54, 1.807) is 0 Å². The van der Waals surface area contributed by atoms with Gasteiger partial charge in [0.25, 0.3) is 0 Å². The number of nitrogens with two attached hydrogens (primary N) is 1. The van der Waals surface area contributed by atoms with E-state index in [1.807, 2.05) is 13.8 Å². The van der Waals surface area contributed by atoms with Crippen LogP contribution in [-0.4, -0.2) is 24.5 Å². The molecule has 15 heavy (non-hydrogen) atoms. The molecule has 3 N–H and O–H groups in total. The Labute approximate surface area is 89.8 Å².